The van der Waals surface area contributed by atoms with Gasteiger partial charge in [-0.2, -0.15) is 0 Å². The molecule has 0 aromatic heterocycles. The zero-order chi connectivity index (χ0) is 19.9. The molecule has 3 aromatic rings. The van der Waals surface area contributed by atoms with Crippen molar-refractivity contribution < 1.29 is 14.3 Å². The summed E-state index contributed by atoms with van der Waals surface area (Å²) in [6.07, 6.45) is 3.23. The Bertz CT molecular complexity index is 1010. The quantitative estimate of drug-likeness (QED) is 0.329. The van der Waals surface area contributed by atoms with Crippen LogP contribution in [0.5, 0.6) is 11.5 Å². The number of allylic oxidation sites excluding steroid dienone is 1. The summed E-state index contributed by atoms with van der Waals surface area (Å²) in [6.45, 7) is 0.332. The van der Waals surface area contributed by atoms with Gasteiger partial charge in [-0.3, -0.25) is 4.79 Å². The molecule has 0 aliphatic heterocycles. The Morgan fingerprint density at radius 1 is 0.964 bits per heavy atom. The molecule has 0 saturated heterocycles. The van der Waals surface area contributed by atoms with Crippen LogP contribution in [-0.4, -0.2) is 12.9 Å². The van der Waals surface area contributed by atoms with E-state index in [9.17, 15) is 4.79 Å². The molecule has 0 saturated carbocycles. The van der Waals surface area contributed by atoms with E-state index < -0.39 is 0 Å². The van der Waals surface area contributed by atoms with Crippen LogP contribution in [0.25, 0.3) is 6.08 Å². The lowest BCUT2D eigenvalue weighted by Gasteiger charge is -2.12. The van der Waals surface area contributed by atoms with E-state index in [2.05, 4.69) is 0 Å². The lowest BCUT2D eigenvalue weighted by atomic mass is 10.1. The maximum absolute atomic E-state index is 12.3. The summed E-state index contributed by atoms with van der Waals surface area (Å²) >= 11 is 12.1. The number of hydrogen-bond acceptors (Lipinski definition) is 3. The molecule has 0 heterocycles. The van der Waals surface area contributed by atoms with Gasteiger partial charge in [-0.25, -0.2) is 0 Å². The molecule has 0 aliphatic carbocycles. The minimum Gasteiger partial charge on any atom is -0.493 e. The molecule has 0 N–H and O–H groups in total. The number of benzene rings is 3. The van der Waals surface area contributed by atoms with E-state index in [1.165, 1.54) is 6.08 Å². The zero-order valence-corrected chi connectivity index (χ0v) is 16.7. The average Bonchev–Trinajstić information content (AvgIpc) is 2.71. The van der Waals surface area contributed by atoms with Crippen molar-refractivity contribution in [3.8, 4) is 11.5 Å². The number of halogens is 2. The Hall–Kier alpha value is -2.75. The summed E-state index contributed by atoms with van der Waals surface area (Å²) in [5.41, 5.74) is 2.25. The molecule has 0 atom stereocenters. The summed E-state index contributed by atoms with van der Waals surface area (Å²) in [6, 6.07) is 19.8. The van der Waals surface area contributed by atoms with Crippen LogP contribution in [-0.2, 0) is 6.61 Å². The first-order valence-electron chi connectivity index (χ1n) is 8.59. The van der Waals surface area contributed by atoms with E-state index in [4.69, 9.17) is 32.7 Å². The van der Waals surface area contributed by atoms with Crippen LogP contribution in [0, 0.1) is 0 Å². The van der Waals surface area contributed by atoms with Crippen LogP contribution in [0.3, 0.4) is 0 Å². The Morgan fingerprint density at radius 3 is 2.54 bits per heavy atom. The molecule has 0 fully saturated rings. The summed E-state index contributed by atoms with van der Waals surface area (Å²) in [5.74, 6) is 1.05. The summed E-state index contributed by atoms with van der Waals surface area (Å²) < 4.78 is 11.3. The largest absolute Gasteiger partial charge is 0.493 e. The zero-order valence-electron chi connectivity index (χ0n) is 15.2. The SMILES string of the molecule is COc1cc(/C=C/C(=O)c2cccc(Cl)c2)ccc1OCc1ccccc1Cl. The second kappa shape index (κ2) is 9.45. The van der Waals surface area contributed by atoms with Crippen LogP contribution >= 0.6 is 23.2 Å². The molecule has 3 rings (SSSR count). The maximum Gasteiger partial charge on any atom is 0.185 e. The van der Waals surface area contributed by atoms with Crippen molar-refractivity contribution in [2.75, 3.05) is 7.11 Å². The van der Waals surface area contributed by atoms with Crippen LogP contribution in [0.4, 0.5) is 0 Å². The highest BCUT2D eigenvalue weighted by Gasteiger charge is 2.08. The van der Waals surface area contributed by atoms with Crippen LogP contribution in [0.2, 0.25) is 10.0 Å². The van der Waals surface area contributed by atoms with Gasteiger partial charge in [0.25, 0.3) is 0 Å². The highest BCUT2D eigenvalue weighted by Crippen LogP contribution is 2.30. The number of methoxy groups -OCH3 is 1. The molecule has 0 spiro atoms. The normalized spacial score (nSPS) is 10.8. The summed E-state index contributed by atoms with van der Waals surface area (Å²) in [5, 5.41) is 1.18. The van der Waals surface area contributed by atoms with Crippen molar-refractivity contribution in [2.45, 2.75) is 6.61 Å². The smallest absolute Gasteiger partial charge is 0.185 e. The first kappa shape index (κ1) is 20.0. The lowest BCUT2D eigenvalue weighted by Crippen LogP contribution is -1.98. The third-order valence-corrected chi connectivity index (χ3v) is 4.67. The first-order valence-corrected chi connectivity index (χ1v) is 9.34. The molecule has 142 valence electrons. The van der Waals surface area contributed by atoms with E-state index >= 15 is 0 Å². The van der Waals surface area contributed by atoms with Gasteiger partial charge < -0.3 is 9.47 Å². The van der Waals surface area contributed by atoms with Crippen molar-refractivity contribution in [3.63, 3.8) is 0 Å². The molecular formula is C23H18Cl2O3. The van der Waals surface area contributed by atoms with E-state index in [1.807, 2.05) is 36.4 Å². The molecule has 5 heteroatoms. The Balaban J connectivity index is 1.72. The van der Waals surface area contributed by atoms with Gasteiger partial charge in [0.15, 0.2) is 17.3 Å². The van der Waals surface area contributed by atoms with Crippen LogP contribution < -0.4 is 9.47 Å². The maximum atomic E-state index is 12.3. The first-order chi connectivity index (χ1) is 13.6. The van der Waals surface area contributed by atoms with E-state index in [0.29, 0.717) is 33.7 Å². The highest BCUT2D eigenvalue weighted by atomic mass is 35.5. The molecular weight excluding hydrogens is 395 g/mol. The van der Waals surface area contributed by atoms with Crippen LogP contribution in [0.15, 0.2) is 72.8 Å². The predicted molar refractivity (Wildman–Crippen MR) is 114 cm³/mol. The number of rotatable bonds is 7. The van der Waals surface area contributed by atoms with Gasteiger partial charge in [0.05, 0.1) is 7.11 Å². The van der Waals surface area contributed by atoms with Crippen molar-refractivity contribution in [2.24, 2.45) is 0 Å². The van der Waals surface area contributed by atoms with Gasteiger partial charge in [0.2, 0.25) is 0 Å². The van der Waals surface area contributed by atoms with Gasteiger partial charge >= 0.3 is 0 Å². The number of carbonyl (C=O) groups excluding carboxylic acids is 1. The predicted octanol–water partition coefficient (Wildman–Crippen LogP) is 6.48. The summed E-state index contributed by atoms with van der Waals surface area (Å²) in [7, 11) is 1.57. The van der Waals surface area contributed by atoms with E-state index in [1.54, 1.807) is 43.5 Å². The molecule has 0 unspecified atom stereocenters. The molecule has 3 nitrogen and oxygen atoms in total. The molecule has 0 aliphatic rings. The number of ketones is 1. The van der Waals surface area contributed by atoms with Gasteiger partial charge in [-0.15, -0.1) is 0 Å². The Morgan fingerprint density at radius 2 is 1.79 bits per heavy atom. The van der Waals surface area contributed by atoms with E-state index in [0.717, 1.165) is 11.1 Å². The second-order valence-corrected chi connectivity index (χ2v) is 6.84. The van der Waals surface area contributed by atoms with Crippen molar-refractivity contribution in [1.29, 1.82) is 0 Å². The van der Waals surface area contributed by atoms with Gasteiger partial charge in [0.1, 0.15) is 6.61 Å². The number of hydrogen-bond donors (Lipinski definition) is 0. The number of ether oxygens (including phenoxy) is 2. The second-order valence-electron chi connectivity index (χ2n) is 6.00. The highest BCUT2D eigenvalue weighted by molar-refractivity contribution is 6.31. The van der Waals surface area contributed by atoms with Gasteiger partial charge in [-0.1, -0.05) is 65.7 Å². The Kier molecular flexibility index (Phi) is 6.75. The summed E-state index contributed by atoms with van der Waals surface area (Å²) in [4.78, 5) is 12.3. The van der Waals surface area contributed by atoms with Crippen molar-refractivity contribution in [1.82, 2.24) is 0 Å². The van der Waals surface area contributed by atoms with Crippen molar-refractivity contribution >= 4 is 35.1 Å². The number of carbonyl (C=O) groups is 1. The van der Waals surface area contributed by atoms with Crippen molar-refractivity contribution in [3.05, 3.63) is 99.5 Å². The Labute approximate surface area is 174 Å². The average molecular weight is 413 g/mol. The molecule has 3 aromatic carbocycles. The lowest BCUT2D eigenvalue weighted by molar-refractivity contribution is 0.104. The fourth-order valence-electron chi connectivity index (χ4n) is 2.59. The minimum atomic E-state index is -0.125. The fourth-order valence-corrected chi connectivity index (χ4v) is 2.97. The molecule has 28 heavy (non-hydrogen) atoms. The topological polar surface area (TPSA) is 35.5 Å². The molecule has 0 bridgehead atoms. The monoisotopic (exact) mass is 412 g/mol. The van der Waals surface area contributed by atoms with Gasteiger partial charge in [0, 0.05) is 21.2 Å². The minimum absolute atomic E-state index is 0.125. The molecule has 0 amide bonds. The third kappa shape index (κ3) is 5.16. The standard InChI is InChI=1S/C23H18Cl2O3/c1-27-23-13-16(9-11-21(26)17-6-4-7-19(24)14-17)10-12-22(23)28-15-18-5-2-3-8-20(18)25/h2-14H,15H2,1H3/b11-9+. The van der Waals surface area contributed by atoms with Gasteiger partial charge in [-0.05, 0) is 42.0 Å². The van der Waals surface area contributed by atoms with E-state index in [-0.39, 0.29) is 5.78 Å². The third-order valence-electron chi connectivity index (χ3n) is 4.06. The molecule has 0 radical (unpaired) electrons. The fraction of sp³-hybridized carbons (Fsp3) is 0.0870. The van der Waals surface area contributed by atoms with Crippen LogP contribution in [0.1, 0.15) is 21.5 Å².